The summed E-state index contributed by atoms with van der Waals surface area (Å²) in [5.41, 5.74) is 6.19. The number of hydrogen-bond donors (Lipinski definition) is 2. The molecule has 0 radical (unpaired) electrons. The second kappa shape index (κ2) is 6.05. The number of amides is 3. The van der Waals surface area contributed by atoms with Crippen molar-refractivity contribution in [2.24, 2.45) is 0 Å². The lowest BCUT2D eigenvalue weighted by atomic mass is 10.3. The lowest BCUT2D eigenvalue weighted by Crippen LogP contribution is -2.53. The van der Waals surface area contributed by atoms with Gasteiger partial charge < -0.3 is 15.4 Å². The van der Waals surface area contributed by atoms with Crippen molar-refractivity contribution >= 4 is 23.4 Å². The van der Waals surface area contributed by atoms with Crippen molar-refractivity contribution in [3.05, 3.63) is 24.3 Å². The second-order valence-electron chi connectivity index (χ2n) is 4.36. The molecule has 1 aliphatic heterocycles. The fourth-order valence-electron chi connectivity index (χ4n) is 1.83. The van der Waals surface area contributed by atoms with Crippen LogP contribution in [0, 0.1) is 0 Å². The summed E-state index contributed by atoms with van der Waals surface area (Å²) in [6.07, 6.45) is 0.0783. The average molecular weight is 277 g/mol. The monoisotopic (exact) mass is 277 g/mol. The molecule has 0 aliphatic carbocycles. The number of benzene rings is 1. The van der Waals surface area contributed by atoms with Crippen molar-refractivity contribution in [3.63, 3.8) is 0 Å². The molecule has 20 heavy (non-hydrogen) atoms. The van der Waals surface area contributed by atoms with E-state index in [1.165, 1.54) is 4.90 Å². The van der Waals surface area contributed by atoms with Crippen LogP contribution in [0.3, 0.4) is 0 Å². The molecule has 0 aromatic heterocycles. The minimum absolute atomic E-state index is 0.0783. The Morgan fingerprint density at radius 1 is 1.25 bits per heavy atom. The Morgan fingerprint density at radius 2 is 1.90 bits per heavy atom. The van der Waals surface area contributed by atoms with E-state index in [1.807, 2.05) is 0 Å². The zero-order valence-corrected chi connectivity index (χ0v) is 10.8. The molecule has 1 fully saturated rings. The SMILES string of the molecule is Nc1ccccc1OCCC(=O)N1CC(=O)NC(=O)C1. The van der Waals surface area contributed by atoms with Gasteiger partial charge in [0.25, 0.3) is 0 Å². The Labute approximate surface area is 115 Å². The highest BCUT2D eigenvalue weighted by Gasteiger charge is 2.25. The average Bonchev–Trinajstić information content (AvgIpc) is 2.39. The minimum atomic E-state index is -0.470. The molecule has 106 valence electrons. The molecule has 0 saturated carbocycles. The Hall–Kier alpha value is -2.57. The summed E-state index contributed by atoms with van der Waals surface area (Å²) >= 11 is 0. The van der Waals surface area contributed by atoms with Crippen LogP contribution in [0.2, 0.25) is 0 Å². The molecule has 0 atom stereocenters. The van der Waals surface area contributed by atoms with Crippen LogP contribution in [0.5, 0.6) is 5.75 Å². The summed E-state index contributed by atoms with van der Waals surface area (Å²) in [5.74, 6) is -0.735. The topological polar surface area (TPSA) is 102 Å². The Balaban J connectivity index is 1.82. The van der Waals surface area contributed by atoms with Crippen molar-refractivity contribution in [1.82, 2.24) is 10.2 Å². The summed E-state index contributed by atoms with van der Waals surface area (Å²) in [7, 11) is 0. The van der Waals surface area contributed by atoms with Gasteiger partial charge in [-0.1, -0.05) is 12.1 Å². The number of nitrogen functional groups attached to an aromatic ring is 1. The molecule has 0 spiro atoms. The Kier molecular flexibility index (Phi) is 4.19. The van der Waals surface area contributed by atoms with Gasteiger partial charge in [-0.15, -0.1) is 0 Å². The van der Waals surface area contributed by atoms with Crippen LogP contribution in [-0.4, -0.2) is 42.3 Å². The van der Waals surface area contributed by atoms with Crippen LogP contribution in [0.25, 0.3) is 0 Å². The molecule has 1 heterocycles. The molecule has 7 nitrogen and oxygen atoms in total. The summed E-state index contributed by atoms with van der Waals surface area (Å²) < 4.78 is 5.39. The fraction of sp³-hybridized carbons (Fsp3) is 0.308. The van der Waals surface area contributed by atoms with E-state index >= 15 is 0 Å². The van der Waals surface area contributed by atoms with Crippen LogP contribution in [0.15, 0.2) is 24.3 Å². The zero-order chi connectivity index (χ0) is 14.5. The molecule has 3 N–H and O–H groups in total. The summed E-state index contributed by atoms with van der Waals surface area (Å²) in [6.45, 7) is -0.0601. The lowest BCUT2D eigenvalue weighted by Gasteiger charge is -2.25. The highest BCUT2D eigenvalue weighted by molar-refractivity contribution is 6.02. The highest BCUT2D eigenvalue weighted by Crippen LogP contribution is 2.19. The molecule has 3 amide bonds. The van der Waals surface area contributed by atoms with Gasteiger partial charge in [-0.25, -0.2) is 0 Å². The third kappa shape index (κ3) is 3.47. The van der Waals surface area contributed by atoms with Crippen LogP contribution in [-0.2, 0) is 14.4 Å². The van der Waals surface area contributed by atoms with Gasteiger partial charge in [0.05, 0.1) is 18.7 Å². The molecule has 0 bridgehead atoms. The number of nitrogens with one attached hydrogen (secondary N) is 1. The van der Waals surface area contributed by atoms with Crippen LogP contribution >= 0.6 is 0 Å². The van der Waals surface area contributed by atoms with E-state index in [-0.39, 0.29) is 32.0 Å². The molecular formula is C13H15N3O4. The predicted octanol–water partition coefficient (Wildman–Crippen LogP) is -0.477. The number of ether oxygens (including phenoxy) is 1. The Bertz CT molecular complexity index is 528. The zero-order valence-electron chi connectivity index (χ0n) is 10.8. The molecule has 1 saturated heterocycles. The molecule has 7 heteroatoms. The first-order chi connectivity index (χ1) is 9.56. The molecule has 1 aliphatic rings. The first-order valence-electron chi connectivity index (χ1n) is 6.14. The van der Waals surface area contributed by atoms with E-state index < -0.39 is 11.8 Å². The van der Waals surface area contributed by atoms with Gasteiger partial charge in [-0.3, -0.25) is 19.7 Å². The van der Waals surface area contributed by atoms with E-state index in [9.17, 15) is 14.4 Å². The number of para-hydroxylation sites is 2. The highest BCUT2D eigenvalue weighted by atomic mass is 16.5. The third-order valence-corrected chi connectivity index (χ3v) is 2.79. The van der Waals surface area contributed by atoms with E-state index in [0.29, 0.717) is 11.4 Å². The maximum atomic E-state index is 11.8. The molecule has 2 rings (SSSR count). The normalized spacial score (nSPS) is 14.9. The number of anilines is 1. The number of carbonyl (C=O) groups excluding carboxylic acids is 3. The van der Waals surface area contributed by atoms with Crippen LogP contribution < -0.4 is 15.8 Å². The second-order valence-corrected chi connectivity index (χ2v) is 4.36. The number of rotatable bonds is 4. The van der Waals surface area contributed by atoms with E-state index in [0.717, 1.165) is 0 Å². The first-order valence-corrected chi connectivity index (χ1v) is 6.14. The number of hydrogen-bond acceptors (Lipinski definition) is 5. The van der Waals surface area contributed by atoms with Crippen molar-refractivity contribution in [3.8, 4) is 5.75 Å². The molecular weight excluding hydrogens is 262 g/mol. The van der Waals surface area contributed by atoms with Gasteiger partial charge >= 0.3 is 0 Å². The minimum Gasteiger partial charge on any atom is -0.491 e. The molecule has 1 aromatic carbocycles. The number of imide groups is 1. The van der Waals surface area contributed by atoms with Crippen LogP contribution in [0.1, 0.15) is 6.42 Å². The maximum absolute atomic E-state index is 11.8. The van der Waals surface area contributed by atoms with Gasteiger partial charge in [0.2, 0.25) is 17.7 Å². The number of nitrogens with two attached hydrogens (primary N) is 1. The van der Waals surface area contributed by atoms with E-state index in [2.05, 4.69) is 5.32 Å². The molecule has 1 aromatic rings. The van der Waals surface area contributed by atoms with Crippen molar-refractivity contribution < 1.29 is 19.1 Å². The summed E-state index contributed by atoms with van der Waals surface area (Å²) in [6, 6.07) is 6.97. The van der Waals surface area contributed by atoms with Gasteiger partial charge in [-0.05, 0) is 12.1 Å². The van der Waals surface area contributed by atoms with Crippen molar-refractivity contribution in [2.75, 3.05) is 25.4 Å². The summed E-state index contributed by atoms with van der Waals surface area (Å²) in [5, 5.41) is 2.13. The smallest absolute Gasteiger partial charge is 0.246 e. The number of carbonyl (C=O) groups is 3. The van der Waals surface area contributed by atoms with Crippen LogP contribution in [0.4, 0.5) is 5.69 Å². The fourth-order valence-corrected chi connectivity index (χ4v) is 1.83. The van der Waals surface area contributed by atoms with Crippen molar-refractivity contribution in [2.45, 2.75) is 6.42 Å². The van der Waals surface area contributed by atoms with Gasteiger partial charge in [0.1, 0.15) is 18.8 Å². The molecule has 0 unspecified atom stereocenters. The maximum Gasteiger partial charge on any atom is 0.246 e. The van der Waals surface area contributed by atoms with E-state index in [4.69, 9.17) is 10.5 Å². The number of piperazine rings is 1. The van der Waals surface area contributed by atoms with Gasteiger partial charge in [0.15, 0.2) is 0 Å². The first kappa shape index (κ1) is 13.9. The van der Waals surface area contributed by atoms with Crippen molar-refractivity contribution in [1.29, 1.82) is 0 Å². The Morgan fingerprint density at radius 3 is 2.55 bits per heavy atom. The largest absolute Gasteiger partial charge is 0.491 e. The quantitative estimate of drug-likeness (QED) is 0.572. The van der Waals surface area contributed by atoms with Gasteiger partial charge in [-0.2, -0.15) is 0 Å². The third-order valence-electron chi connectivity index (χ3n) is 2.79. The predicted molar refractivity (Wildman–Crippen MR) is 70.7 cm³/mol. The lowest BCUT2D eigenvalue weighted by molar-refractivity contribution is -0.145. The van der Waals surface area contributed by atoms with Gasteiger partial charge in [0, 0.05) is 0 Å². The van der Waals surface area contributed by atoms with E-state index in [1.54, 1.807) is 24.3 Å². The standard InChI is InChI=1S/C13H15N3O4/c14-9-3-1-2-4-10(9)20-6-5-13(19)16-7-11(17)15-12(18)8-16/h1-4H,5-8,14H2,(H,15,17,18). The number of nitrogens with zero attached hydrogens (tertiary/aromatic N) is 1. The summed E-state index contributed by atoms with van der Waals surface area (Å²) in [4.78, 5) is 35.4.